The monoisotopic (exact) mass is 231 g/mol. The molecule has 0 amide bonds. The molecule has 1 heterocycles. The molecule has 1 aliphatic carbocycles. The number of fused-ring (bicyclic) bond motifs is 2. The number of hydrogen-bond acceptors (Lipinski definition) is 2. The van der Waals surface area contributed by atoms with Crippen LogP contribution in [0.25, 0.3) is 0 Å². The van der Waals surface area contributed by atoms with Crippen LogP contribution in [0.2, 0.25) is 0 Å². The number of benzene rings is 1. The Kier molecular flexibility index (Phi) is 2.53. The quantitative estimate of drug-likeness (QED) is 0.718. The molecule has 0 saturated heterocycles. The van der Waals surface area contributed by atoms with Gasteiger partial charge in [-0.3, -0.25) is 0 Å². The van der Waals surface area contributed by atoms with Crippen LogP contribution in [0.15, 0.2) is 24.3 Å². The van der Waals surface area contributed by atoms with E-state index in [1.165, 1.54) is 11.1 Å². The van der Waals surface area contributed by atoms with E-state index in [0.29, 0.717) is 0 Å². The molecule has 17 heavy (non-hydrogen) atoms. The maximum absolute atomic E-state index is 10.4. The third-order valence-corrected chi connectivity index (χ3v) is 4.39. The molecule has 2 unspecified atom stereocenters. The van der Waals surface area contributed by atoms with E-state index in [0.717, 1.165) is 38.6 Å². The van der Waals surface area contributed by atoms with E-state index in [2.05, 4.69) is 29.6 Å². The van der Waals surface area contributed by atoms with Crippen LogP contribution >= 0.6 is 0 Å². The molecule has 0 radical (unpaired) electrons. The van der Waals surface area contributed by atoms with Gasteiger partial charge in [-0.1, -0.05) is 24.3 Å². The minimum Gasteiger partial charge on any atom is -0.390 e. The highest BCUT2D eigenvalue weighted by molar-refractivity contribution is 5.37. The minimum atomic E-state index is -0.518. The summed E-state index contributed by atoms with van der Waals surface area (Å²) in [6.07, 6.45) is 5.14. The number of rotatable bonds is 0. The molecule has 1 spiro atoms. The van der Waals surface area contributed by atoms with E-state index in [1.807, 2.05) is 6.92 Å². The van der Waals surface area contributed by atoms with Gasteiger partial charge in [-0.2, -0.15) is 0 Å². The highest BCUT2D eigenvalue weighted by Gasteiger charge is 2.44. The van der Waals surface area contributed by atoms with Gasteiger partial charge in [-0.15, -0.1) is 0 Å². The van der Waals surface area contributed by atoms with Gasteiger partial charge in [-0.25, -0.2) is 0 Å². The Labute approximate surface area is 103 Å². The summed E-state index contributed by atoms with van der Waals surface area (Å²) in [5, 5.41) is 14.1. The van der Waals surface area contributed by atoms with Crippen molar-refractivity contribution >= 4 is 0 Å². The molecular weight excluding hydrogens is 210 g/mol. The summed E-state index contributed by atoms with van der Waals surface area (Å²) in [5.41, 5.74) is 2.39. The van der Waals surface area contributed by atoms with Crippen molar-refractivity contribution in [3.63, 3.8) is 0 Å². The summed E-state index contributed by atoms with van der Waals surface area (Å²) in [6, 6.07) is 8.72. The van der Waals surface area contributed by atoms with Gasteiger partial charge in [0.15, 0.2) is 0 Å². The summed E-state index contributed by atoms with van der Waals surface area (Å²) in [7, 11) is 0. The molecular formula is C15H21NO. The lowest BCUT2D eigenvalue weighted by Gasteiger charge is -2.48. The average molecular weight is 231 g/mol. The van der Waals surface area contributed by atoms with E-state index in [4.69, 9.17) is 0 Å². The van der Waals surface area contributed by atoms with E-state index in [-0.39, 0.29) is 5.54 Å². The molecule has 1 aromatic rings. The normalized spacial score (nSPS) is 36.8. The summed E-state index contributed by atoms with van der Waals surface area (Å²) < 4.78 is 0. The van der Waals surface area contributed by atoms with Gasteiger partial charge in [0, 0.05) is 12.1 Å². The van der Waals surface area contributed by atoms with Crippen LogP contribution in [-0.2, 0) is 12.0 Å². The van der Waals surface area contributed by atoms with Gasteiger partial charge in [-0.05, 0) is 50.2 Å². The molecule has 1 aromatic carbocycles. The van der Waals surface area contributed by atoms with Gasteiger partial charge < -0.3 is 10.4 Å². The van der Waals surface area contributed by atoms with Crippen LogP contribution in [0.5, 0.6) is 0 Å². The fraction of sp³-hybridized carbons (Fsp3) is 0.600. The van der Waals surface area contributed by atoms with Gasteiger partial charge in [0.25, 0.3) is 0 Å². The van der Waals surface area contributed by atoms with Crippen molar-refractivity contribution in [1.82, 2.24) is 5.32 Å². The molecule has 2 nitrogen and oxygen atoms in total. The number of hydrogen-bond donors (Lipinski definition) is 2. The standard InChI is InChI=1S/C15H21NO/c1-14(17)8-4-9-15(11-14)13-6-3-2-5-12(13)7-10-16-15/h2-3,5-6,16-17H,4,7-11H2,1H3. The van der Waals surface area contributed by atoms with Gasteiger partial charge in [0.1, 0.15) is 0 Å². The van der Waals surface area contributed by atoms with Crippen LogP contribution in [-0.4, -0.2) is 17.3 Å². The lowest BCUT2D eigenvalue weighted by molar-refractivity contribution is -0.0208. The Morgan fingerprint density at radius 3 is 2.88 bits per heavy atom. The fourth-order valence-corrected chi connectivity index (χ4v) is 3.72. The van der Waals surface area contributed by atoms with Crippen LogP contribution in [0.1, 0.15) is 43.7 Å². The Balaban J connectivity index is 2.03. The molecule has 2 heteroatoms. The van der Waals surface area contributed by atoms with E-state index >= 15 is 0 Å². The fourth-order valence-electron chi connectivity index (χ4n) is 3.72. The Morgan fingerprint density at radius 1 is 1.24 bits per heavy atom. The maximum atomic E-state index is 10.4. The third-order valence-electron chi connectivity index (χ3n) is 4.39. The second-order valence-electron chi connectivity index (χ2n) is 5.94. The van der Waals surface area contributed by atoms with Gasteiger partial charge in [0.05, 0.1) is 5.60 Å². The van der Waals surface area contributed by atoms with E-state index < -0.39 is 5.60 Å². The largest absolute Gasteiger partial charge is 0.390 e. The third kappa shape index (κ3) is 1.90. The second-order valence-corrected chi connectivity index (χ2v) is 5.94. The minimum absolute atomic E-state index is 0.0244. The smallest absolute Gasteiger partial charge is 0.0640 e. The lowest BCUT2D eigenvalue weighted by atomic mass is 9.68. The molecule has 92 valence electrons. The first-order valence-corrected chi connectivity index (χ1v) is 6.67. The second kappa shape index (κ2) is 3.82. The molecule has 2 aliphatic rings. The van der Waals surface area contributed by atoms with Crippen LogP contribution in [0, 0.1) is 0 Å². The van der Waals surface area contributed by atoms with Crippen molar-refractivity contribution in [2.24, 2.45) is 0 Å². The first kappa shape index (κ1) is 11.2. The molecule has 1 aliphatic heterocycles. The topological polar surface area (TPSA) is 32.3 Å². The molecule has 2 atom stereocenters. The van der Waals surface area contributed by atoms with Crippen molar-refractivity contribution in [3.05, 3.63) is 35.4 Å². The summed E-state index contributed by atoms with van der Waals surface area (Å²) in [5.74, 6) is 0. The van der Waals surface area contributed by atoms with Crippen molar-refractivity contribution in [2.75, 3.05) is 6.54 Å². The molecule has 1 saturated carbocycles. The molecule has 0 aromatic heterocycles. The van der Waals surface area contributed by atoms with Gasteiger partial charge >= 0.3 is 0 Å². The van der Waals surface area contributed by atoms with Crippen LogP contribution < -0.4 is 5.32 Å². The predicted molar refractivity (Wildman–Crippen MR) is 68.9 cm³/mol. The maximum Gasteiger partial charge on any atom is 0.0640 e. The first-order chi connectivity index (χ1) is 8.11. The predicted octanol–water partition coefficient (Wildman–Crippen LogP) is 2.35. The summed E-state index contributed by atoms with van der Waals surface area (Å²) in [6.45, 7) is 3.01. The SMILES string of the molecule is CC1(O)CCCC2(C1)NCCc1ccccc12. The Morgan fingerprint density at radius 2 is 2.06 bits per heavy atom. The lowest BCUT2D eigenvalue weighted by Crippen LogP contribution is -2.54. The first-order valence-electron chi connectivity index (χ1n) is 6.67. The zero-order valence-corrected chi connectivity index (χ0v) is 10.5. The van der Waals surface area contributed by atoms with Crippen LogP contribution in [0.3, 0.4) is 0 Å². The van der Waals surface area contributed by atoms with Gasteiger partial charge in [0.2, 0.25) is 0 Å². The van der Waals surface area contributed by atoms with Crippen molar-refractivity contribution in [1.29, 1.82) is 0 Å². The number of aliphatic hydroxyl groups is 1. The Bertz CT molecular complexity index is 427. The van der Waals surface area contributed by atoms with E-state index in [1.54, 1.807) is 0 Å². The van der Waals surface area contributed by atoms with Crippen LogP contribution in [0.4, 0.5) is 0 Å². The number of nitrogens with one attached hydrogen (secondary N) is 1. The summed E-state index contributed by atoms with van der Waals surface area (Å²) in [4.78, 5) is 0. The zero-order valence-electron chi connectivity index (χ0n) is 10.5. The average Bonchev–Trinajstić information content (AvgIpc) is 2.28. The Hall–Kier alpha value is -0.860. The van der Waals surface area contributed by atoms with Crippen molar-refractivity contribution < 1.29 is 5.11 Å². The molecule has 0 bridgehead atoms. The molecule has 2 N–H and O–H groups in total. The van der Waals surface area contributed by atoms with E-state index in [9.17, 15) is 5.11 Å². The highest BCUT2D eigenvalue weighted by atomic mass is 16.3. The highest BCUT2D eigenvalue weighted by Crippen LogP contribution is 2.44. The summed E-state index contributed by atoms with van der Waals surface area (Å²) >= 11 is 0. The zero-order chi connectivity index (χ0) is 11.9. The van der Waals surface area contributed by atoms with Crippen molar-refractivity contribution in [2.45, 2.75) is 50.2 Å². The van der Waals surface area contributed by atoms with Crippen molar-refractivity contribution in [3.8, 4) is 0 Å². The molecule has 3 rings (SSSR count). The molecule has 1 fully saturated rings.